The van der Waals surface area contributed by atoms with E-state index in [1.54, 1.807) is 17.8 Å². The monoisotopic (exact) mass is 326 g/mol. The molecule has 2 fully saturated rings. The Kier molecular flexibility index (Phi) is 3.84. The highest BCUT2D eigenvalue weighted by atomic mass is 16.2. The Balaban J connectivity index is 1.66. The van der Waals surface area contributed by atoms with E-state index in [1.165, 1.54) is 0 Å². The van der Waals surface area contributed by atoms with Crippen molar-refractivity contribution < 1.29 is 4.79 Å². The molecule has 4 rings (SSSR count). The number of aryl methyl sites for hydroxylation is 1. The van der Waals surface area contributed by atoms with E-state index in [-0.39, 0.29) is 17.0 Å². The molecule has 2 aromatic rings. The number of fused-ring (bicyclic) bond motifs is 2. The minimum absolute atomic E-state index is 0.0429. The maximum atomic E-state index is 12.9. The van der Waals surface area contributed by atoms with Crippen molar-refractivity contribution >= 4 is 16.8 Å². The van der Waals surface area contributed by atoms with E-state index in [4.69, 9.17) is 0 Å². The molecular formula is C18H22N4O2. The highest BCUT2D eigenvalue weighted by Crippen LogP contribution is 2.27. The summed E-state index contributed by atoms with van der Waals surface area (Å²) < 4.78 is 1.63. The Morgan fingerprint density at radius 2 is 1.83 bits per heavy atom. The van der Waals surface area contributed by atoms with Crippen LogP contribution in [0.15, 0.2) is 29.1 Å². The smallest absolute Gasteiger partial charge is 0.278 e. The molecule has 6 heteroatoms. The number of likely N-dealkylation sites (tertiary alicyclic amines) is 1. The van der Waals surface area contributed by atoms with E-state index in [9.17, 15) is 9.59 Å². The first kappa shape index (κ1) is 15.3. The summed E-state index contributed by atoms with van der Waals surface area (Å²) in [5.74, 6) is 1.07. The van der Waals surface area contributed by atoms with E-state index in [1.807, 2.05) is 23.1 Å². The fourth-order valence-electron chi connectivity index (χ4n) is 4.04. The lowest BCUT2D eigenvalue weighted by Crippen LogP contribution is -2.37. The predicted octanol–water partition coefficient (Wildman–Crippen LogP) is 1.01. The van der Waals surface area contributed by atoms with Crippen LogP contribution < -0.4 is 10.7 Å². The van der Waals surface area contributed by atoms with Gasteiger partial charge in [0.15, 0.2) is 5.69 Å². The van der Waals surface area contributed by atoms with Crippen LogP contribution in [0.4, 0.5) is 0 Å². The molecule has 1 N–H and O–H groups in total. The van der Waals surface area contributed by atoms with Crippen LogP contribution in [-0.4, -0.2) is 46.8 Å². The number of carbonyl (C=O) groups is 1. The summed E-state index contributed by atoms with van der Waals surface area (Å²) in [6.45, 7) is 3.50. The first-order valence-corrected chi connectivity index (χ1v) is 8.61. The molecule has 2 aliphatic heterocycles. The third kappa shape index (κ3) is 2.51. The second kappa shape index (κ2) is 6.02. The van der Waals surface area contributed by atoms with Crippen molar-refractivity contribution in [3.63, 3.8) is 0 Å². The Morgan fingerprint density at radius 3 is 2.54 bits per heavy atom. The van der Waals surface area contributed by atoms with E-state index in [2.05, 4.69) is 10.4 Å². The van der Waals surface area contributed by atoms with Gasteiger partial charge in [-0.15, -0.1) is 0 Å². The highest BCUT2D eigenvalue weighted by molar-refractivity contribution is 5.95. The van der Waals surface area contributed by atoms with Crippen LogP contribution in [-0.2, 0) is 7.05 Å². The topological polar surface area (TPSA) is 67.2 Å². The Hall–Kier alpha value is -2.21. The van der Waals surface area contributed by atoms with Crippen molar-refractivity contribution in [2.24, 2.45) is 18.9 Å². The summed E-state index contributed by atoms with van der Waals surface area (Å²) in [4.78, 5) is 27.5. The summed E-state index contributed by atoms with van der Waals surface area (Å²) in [6.07, 6.45) is 1.99. The van der Waals surface area contributed by atoms with Gasteiger partial charge in [-0.3, -0.25) is 14.3 Å². The van der Waals surface area contributed by atoms with Gasteiger partial charge in [-0.2, -0.15) is 5.10 Å². The SMILES string of the molecule is Cn1nc(C(=O)N2CC[C@@H]3CNC[C@@H]3CC2)c(=O)c2ccccc21. The van der Waals surface area contributed by atoms with Crippen LogP contribution >= 0.6 is 0 Å². The summed E-state index contributed by atoms with van der Waals surface area (Å²) in [5.41, 5.74) is 0.525. The van der Waals surface area contributed by atoms with Crippen molar-refractivity contribution in [2.45, 2.75) is 12.8 Å². The molecule has 1 aromatic carbocycles. The first-order chi connectivity index (χ1) is 11.6. The van der Waals surface area contributed by atoms with Crippen LogP contribution in [0.2, 0.25) is 0 Å². The highest BCUT2D eigenvalue weighted by Gasteiger charge is 2.32. The molecule has 1 amide bonds. The zero-order valence-electron chi connectivity index (χ0n) is 13.9. The number of hydrogen-bond donors (Lipinski definition) is 1. The average Bonchev–Trinajstić information content (AvgIpc) is 2.96. The molecule has 2 aliphatic rings. The first-order valence-electron chi connectivity index (χ1n) is 8.61. The van der Waals surface area contributed by atoms with Crippen molar-refractivity contribution in [1.29, 1.82) is 0 Å². The van der Waals surface area contributed by atoms with Crippen molar-refractivity contribution in [2.75, 3.05) is 26.2 Å². The van der Waals surface area contributed by atoms with Gasteiger partial charge in [-0.05, 0) is 49.9 Å². The maximum Gasteiger partial charge on any atom is 0.278 e. The molecule has 0 spiro atoms. The number of benzene rings is 1. The van der Waals surface area contributed by atoms with E-state index in [0.717, 1.165) is 31.4 Å². The minimum atomic E-state index is -0.264. The molecule has 0 unspecified atom stereocenters. The van der Waals surface area contributed by atoms with Gasteiger partial charge in [0.05, 0.1) is 5.52 Å². The lowest BCUT2D eigenvalue weighted by molar-refractivity contribution is 0.0749. The van der Waals surface area contributed by atoms with E-state index < -0.39 is 0 Å². The van der Waals surface area contributed by atoms with Gasteiger partial charge in [-0.1, -0.05) is 12.1 Å². The Morgan fingerprint density at radius 1 is 1.17 bits per heavy atom. The fourth-order valence-corrected chi connectivity index (χ4v) is 4.04. The summed E-state index contributed by atoms with van der Waals surface area (Å²) in [5, 5.41) is 8.26. The van der Waals surface area contributed by atoms with Gasteiger partial charge in [-0.25, -0.2) is 0 Å². The molecule has 3 heterocycles. The third-order valence-electron chi connectivity index (χ3n) is 5.47. The number of nitrogens with zero attached hydrogens (tertiary/aromatic N) is 3. The number of nitrogens with one attached hydrogen (secondary N) is 1. The summed E-state index contributed by atoms with van der Waals surface area (Å²) in [7, 11) is 1.77. The fraction of sp³-hybridized carbons (Fsp3) is 0.500. The van der Waals surface area contributed by atoms with Crippen molar-refractivity contribution in [3.05, 3.63) is 40.2 Å². The molecular weight excluding hydrogens is 304 g/mol. The lowest BCUT2D eigenvalue weighted by atomic mass is 9.92. The number of para-hydroxylation sites is 1. The predicted molar refractivity (Wildman–Crippen MR) is 92.0 cm³/mol. The van der Waals surface area contributed by atoms with Crippen molar-refractivity contribution in [3.8, 4) is 0 Å². The van der Waals surface area contributed by atoms with E-state index in [0.29, 0.717) is 30.3 Å². The standard InChI is InChI=1S/C18H22N4O2/c1-21-15-5-3-2-4-14(15)17(23)16(20-21)18(24)22-8-6-12-10-19-11-13(12)7-9-22/h2-5,12-13,19H,6-11H2,1H3/t12-,13+. The van der Waals surface area contributed by atoms with Gasteiger partial charge >= 0.3 is 0 Å². The summed E-state index contributed by atoms with van der Waals surface area (Å²) in [6, 6.07) is 7.29. The second-order valence-electron chi connectivity index (χ2n) is 6.87. The maximum absolute atomic E-state index is 12.9. The summed E-state index contributed by atoms with van der Waals surface area (Å²) >= 11 is 0. The van der Waals surface area contributed by atoms with Gasteiger partial charge in [0.1, 0.15) is 0 Å². The molecule has 0 aliphatic carbocycles. The van der Waals surface area contributed by atoms with Crippen LogP contribution in [0, 0.1) is 11.8 Å². The quantitative estimate of drug-likeness (QED) is 0.849. The number of carbonyl (C=O) groups excluding carboxylic acids is 1. The molecule has 1 aromatic heterocycles. The lowest BCUT2D eigenvalue weighted by Gasteiger charge is -2.20. The van der Waals surface area contributed by atoms with Crippen LogP contribution in [0.25, 0.3) is 10.9 Å². The average molecular weight is 326 g/mol. The Bertz CT molecular complexity index is 831. The molecule has 24 heavy (non-hydrogen) atoms. The second-order valence-corrected chi connectivity index (χ2v) is 6.87. The van der Waals surface area contributed by atoms with Crippen LogP contribution in [0.5, 0.6) is 0 Å². The molecule has 126 valence electrons. The molecule has 0 radical (unpaired) electrons. The molecule has 0 saturated carbocycles. The molecule has 0 bridgehead atoms. The normalized spacial score (nSPS) is 24.0. The van der Waals surface area contributed by atoms with E-state index >= 15 is 0 Å². The van der Waals surface area contributed by atoms with Gasteiger partial charge in [0.2, 0.25) is 5.43 Å². The van der Waals surface area contributed by atoms with Gasteiger partial charge < -0.3 is 10.2 Å². The van der Waals surface area contributed by atoms with Crippen LogP contribution in [0.1, 0.15) is 23.3 Å². The number of amides is 1. The number of aromatic nitrogens is 2. The zero-order chi connectivity index (χ0) is 16.7. The zero-order valence-corrected chi connectivity index (χ0v) is 13.9. The molecule has 6 nitrogen and oxygen atoms in total. The van der Waals surface area contributed by atoms with Gasteiger partial charge in [0.25, 0.3) is 5.91 Å². The van der Waals surface area contributed by atoms with Gasteiger partial charge in [0, 0.05) is 25.5 Å². The molecule has 2 saturated heterocycles. The minimum Gasteiger partial charge on any atom is -0.337 e. The van der Waals surface area contributed by atoms with Crippen molar-refractivity contribution in [1.82, 2.24) is 20.0 Å². The Labute approximate surface area is 140 Å². The number of hydrogen-bond acceptors (Lipinski definition) is 4. The third-order valence-corrected chi connectivity index (χ3v) is 5.47. The largest absolute Gasteiger partial charge is 0.337 e. The molecule has 2 atom stereocenters. The number of rotatable bonds is 1. The van der Waals surface area contributed by atoms with Crippen LogP contribution in [0.3, 0.4) is 0 Å².